The number of ether oxygens (including phenoxy) is 1. The molecule has 4 nitrogen and oxygen atoms in total. The largest absolute Gasteiger partial charge is 0.481 e. The quantitative estimate of drug-likeness (QED) is 0.288. The third-order valence-electron chi connectivity index (χ3n) is 4.13. The number of carboxylic acid groups (broad SMARTS) is 1. The summed E-state index contributed by atoms with van der Waals surface area (Å²) in [6.45, 7) is 2.20. The van der Waals surface area contributed by atoms with Crippen molar-refractivity contribution in [3.63, 3.8) is 0 Å². The molecule has 0 bridgehead atoms. The van der Waals surface area contributed by atoms with Crippen molar-refractivity contribution in [3.05, 3.63) is 12.2 Å². The van der Waals surface area contributed by atoms with Crippen LogP contribution in [-0.4, -0.2) is 34.5 Å². The van der Waals surface area contributed by atoms with Gasteiger partial charge in [-0.1, -0.05) is 57.6 Å². The van der Waals surface area contributed by atoms with Gasteiger partial charge in [-0.25, -0.2) is 0 Å². The molecule has 0 radical (unpaired) electrons. The maximum atomic E-state index is 10.4. The van der Waals surface area contributed by atoms with Crippen LogP contribution in [0.5, 0.6) is 0 Å². The summed E-state index contributed by atoms with van der Waals surface area (Å²) in [5.41, 5.74) is 0. The molecule has 1 rings (SSSR count). The first kappa shape index (κ1) is 19.2. The molecule has 1 heterocycles. The van der Waals surface area contributed by atoms with Gasteiger partial charge in [0.15, 0.2) is 0 Å². The molecule has 0 aromatic heterocycles. The predicted molar refractivity (Wildman–Crippen MR) is 87.9 cm³/mol. The first-order chi connectivity index (χ1) is 10.6. The van der Waals surface area contributed by atoms with Gasteiger partial charge in [-0.3, -0.25) is 4.79 Å². The number of aliphatic hydroxyl groups excluding tert-OH is 1. The van der Waals surface area contributed by atoms with Gasteiger partial charge in [0.1, 0.15) is 12.2 Å². The molecule has 1 aliphatic heterocycles. The number of carbonyl (C=O) groups is 1. The highest BCUT2D eigenvalue weighted by Gasteiger charge is 2.41. The SMILES string of the molecule is CCCCC/C=C\[C@@H]1O[C@H]1[C@@H](O)CCCCCCCC(=O)O. The Kier molecular flexibility index (Phi) is 10.2. The van der Waals surface area contributed by atoms with Gasteiger partial charge in [0, 0.05) is 6.42 Å². The van der Waals surface area contributed by atoms with Gasteiger partial charge in [0.2, 0.25) is 0 Å². The van der Waals surface area contributed by atoms with Gasteiger partial charge in [-0.15, -0.1) is 0 Å². The molecule has 1 saturated heterocycles. The second-order valence-corrected chi connectivity index (χ2v) is 6.26. The van der Waals surface area contributed by atoms with Crippen LogP contribution in [0.2, 0.25) is 0 Å². The van der Waals surface area contributed by atoms with E-state index in [1.807, 2.05) is 0 Å². The normalized spacial score (nSPS) is 22.1. The van der Waals surface area contributed by atoms with Crippen LogP contribution in [0, 0.1) is 0 Å². The number of hydrogen-bond donors (Lipinski definition) is 2. The summed E-state index contributed by atoms with van der Waals surface area (Å²) in [6, 6.07) is 0. The molecule has 1 aliphatic rings. The molecule has 22 heavy (non-hydrogen) atoms. The van der Waals surface area contributed by atoms with Crippen LogP contribution in [0.4, 0.5) is 0 Å². The highest BCUT2D eigenvalue weighted by atomic mass is 16.6. The summed E-state index contributed by atoms with van der Waals surface area (Å²) in [7, 11) is 0. The lowest BCUT2D eigenvalue weighted by molar-refractivity contribution is -0.137. The van der Waals surface area contributed by atoms with Gasteiger partial charge < -0.3 is 14.9 Å². The third kappa shape index (κ3) is 9.21. The van der Waals surface area contributed by atoms with Gasteiger partial charge in [0.25, 0.3) is 0 Å². The topological polar surface area (TPSA) is 70.1 Å². The predicted octanol–water partition coefficient (Wildman–Crippen LogP) is 4.07. The zero-order chi connectivity index (χ0) is 16.2. The van der Waals surface area contributed by atoms with Crippen molar-refractivity contribution in [3.8, 4) is 0 Å². The Hall–Kier alpha value is -0.870. The van der Waals surface area contributed by atoms with E-state index in [4.69, 9.17) is 9.84 Å². The lowest BCUT2D eigenvalue weighted by Gasteiger charge is -2.06. The van der Waals surface area contributed by atoms with Crippen molar-refractivity contribution in [1.82, 2.24) is 0 Å². The summed E-state index contributed by atoms with van der Waals surface area (Å²) in [5, 5.41) is 18.6. The molecule has 3 atom stereocenters. The number of rotatable bonds is 14. The Bertz CT molecular complexity index is 327. The lowest BCUT2D eigenvalue weighted by Crippen LogP contribution is -2.16. The molecule has 1 fully saturated rings. The summed E-state index contributed by atoms with van der Waals surface area (Å²) < 4.78 is 5.51. The summed E-state index contributed by atoms with van der Waals surface area (Å²) in [5.74, 6) is -0.713. The third-order valence-corrected chi connectivity index (χ3v) is 4.13. The fraction of sp³-hybridized carbons (Fsp3) is 0.833. The van der Waals surface area contributed by atoms with Crippen molar-refractivity contribution in [1.29, 1.82) is 0 Å². The maximum Gasteiger partial charge on any atom is 0.303 e. The van der Waals surface area contributed by atoms with E-state index >= 15 is 0 Å². The standard InChI is InChI=1S/C18H32O4/c1-2-3-4-6-10-13-16-18(22-16)15(19)12-9-7-5-8-11-14-17(20)21/h10,13,15-16,18-19H,2-9,11-12,14H2,1H3,(H,20,21)/b13-10-/t15-,16-,18-/m0/s1. The molecular formula is C18H32O4. The number of aliphatic hydroxyl groups is 1. The fourth-order valence-electron chi connectivity index (χ4n) is 2.67. The summed E-state index contributed by atoms with van der Waals surface area (Å²) in [6.07, 6.45) is 14.7. The van der Waals surface area contributed by atoms with Crippen molar-refractivity contribution < 1.29 is 19.7 Å². The van der Waals surface area contributed by atoms with E-state index in [2.05, 4.69) is 19.1 Å². The van der Waals surface area contributed by atoms with Crippen LogP contribution < -0.4 is 0 Å². The average Bonchev–Trinajstić information content (AvgIpc) is 3.25. The molecule has 128 valence electrons. The smallest absolute Gasteiger partial charge is 0.303 e. The van der Waals surface area contributed by atoms with Gasteiger partial charge in [-0.2, -0.15) is 0 Å². The number of epoxide rings is 1. The Morgan fingerprint density at radius 2 is 1.86 bits per heavy atom. The van der Waals surface area contributed by atoms with Crippen molar-refractivity contribution in [2.45, 2.75) is 95.9 Å². The number of allylic oxidation sites excluding steroid dienone is 1. The summed E-state index contributed by atoms with van der Waals surface area (Å²) >= 11 is 0. The Morgan fingerprint density at radius 1 is 1.14 bits per heavy atom. The van der Waals surface area contributed by atoms with Crippen molar-refractivity contribution >= 4 is 5.97 Å². The minimum atomic E-state index is -0.713. The number of carboxylic acids is 1. The van der Waals surface area contributed by atoms with Gasteiger partial charge in [0.05, 0.1) is 6.10 Å². The van der Waals surface area contributed by atoms with E-state index in [0.29, 0.717) is 0 Å². The number of hydrogen-bond acceptors (Lipinski definition) is 3. The van der Waals surface area contributed by atoms with Crippen LogP contribution in [0.3, 0.4) is 0 Å². The number of unbranched alkanes of at least 4 members (excludes halogenated alkanes) is 7. The zero-order valence-electron chi connectivity index (χ0n) is 13.9. The first-order valence-corrected chi connectivity index (χ1v) is 8.87. The molecule has 0 spiro atoms. The maximum absolute atomic E-state index is 10.4. The monoisotopic (exact) mass is 312 g/mol. The van der Waals surface area contributed by atoms with E-state index < -0.39 is 5.97 Å². The van der Waals surface area contributed by atoms with Crippen LogP contribution in [0.25, 0.3) is 0 Å². The molecule has 2 N–H and O–H groups in total. The Morgan fingerprint density at radius 3 is 2.59 bits per heavy atom. The van der Waals surface area contributed by atoms with Crippen molar-refractivity contribution in [2.75, 3.05) is 0 Å². The molecule has 4 heteroatoms. The Balaban J connectivity index is 1.94. The van der Waals surface area contributed by atoms with Gasteiger partial charge in [-0.05, 0) is 25.7 Å². The van der Waals surface area contributed by atoms with Crippen LogP contribution in [0.15, 0.2) is 12.2 Å². The second kappa shape index (κ2) is 11.7. The highest BCUT2D eigenvalue weighted by Crippen LogP contribution is 2.29. The van der Waals surface area contributed by atoms with E-state index in [1.165, 1.54) is 19.3 Å². The van der Waals surface area contributed by atoms with Gasteiger partial charge >= 0.3 is 5.97 Å². The molecule has 0 aliphatic carbocycles. The zero-order valence-corrected chi connectivity index (χ0v) is 13.9. The molecular weight excluding hydrogens is 280 g/mol. The summed E-state index contributed by atoms with van der Waals surface area (Å²) in [4.78, 5) is 10.4. The average molecular weight is 312 g/mol. The molecule has 0 aromatic carbocycles. The minimum absolute atomic E-state index is 0.00515. The Labute approximate surface area is 134 Å². The highest BCUT2D eigenvalue weighted by molar-refractivity contribution is 5.66. The van der Waals surface area contributed by atoms with Crippen LogP contribution in [-0.2, 0) is 9.53 Å². The lowest BCUT2D eigenvalue weighted by atomic mass is 10.0. The molecule has 0 aromatic rings. The minimum Gasteiger partial charge on any atom is -0.481 e. The number of aliphatic carboxylic acids is 1. The van der Waals surface area contributed by atoms with Crippen LogP contribution >= 0.6 is 0 Å². The molecule has 0 unspecified atom stereocenters. The fourth-order valence-corrected chi connectivity index (χ4v) is 2.67. The van der Waals surface area contributed by atoms with E-state index in [1.54, 1.807) is 0 Å². The molecule has 0 amide bonds. The second-order valence-electron chi connectivity index (χ2n) is 6.26. The van der Waals surface area contributed by atoms with E-state index in [0.717, 1.165) is 44.9 Å². The van der Waals surface area contributed by atoms with E-state index in [-0.39, 0.29) is 24.7 Å². The van der Waals surface area contributed by atoms with Crippen LogP contribution in [0.1, 0.15) is 77.6 Å². The van der Waals surface area contributed by atoms with Crippen molar-refractivity contribution in [2.24, 2.45) is 0 Å². The first-order valence-electron chi connectivity index (χ1n) is 8.87. The molecule has 0 saturated carbocycles. The van der Waals surface area contributed by atoms with E-state index in [9.17, 15) is 9.90 Å².